The number of rotatable bonds is 3. The van der Waals surface area contributed by atoms with Gasteiger partial charge in [0.1, 0.15) is 0 Å². The maximum absolute atomic E-state index is 5.94. The summed E-state index contributed by atoms with van der Waals surface area (Å²) in [5, 5.41) is 3.95. The lowest BCUT2D eigenvalue weighted by Gasteiger charge is -2.56. The summed E-state index contributed by atoms with van der Waals surface area (Å²) in [5.41, 5.74) is 3.80. The molecule has 3 aliphatic rings. The lowest BCUT2D eigenvalue weighted by Crippen LogP contribution is -2.70. The molecule has 1 aliphatic heterocycles. The molecule has 20 heavy (non-hydrogen) atoms. The first-order chi connectivity index (χ1) is 9.58. The molecule has 0 radical (unpaired) electrons. The van der Waals surface area contributed by atoms with Crippen molar-refractivity contribution < 1.29 is 0 Å². The van der Waals surface area contributed by atoms with E-state index in [2.05, 4.69) is 24.1 Å². The van der Waals surface area contributed by atoms with E-state index in [4.69, 9.17) is 11.6 Å². The van der Waals surface area contributed by atoms with Crippen LogP contribution in [0, 0.1) is 5.92 Å². The molecule has 2 aliphatic carbocycles. The third-order valence-corrected chi connectivity index (χ3v) is 6.27. The van der Waals surface area contributed by atoms with Gasteiger partial charge < -0.3 is 5.32 Å². The Morgan fingerprint density at radius 3 is 2.60 bits per heavy atom. The van der Waals surface area contributed by atoms with Gasteiger partial charge in [-0.05, 0) is 51.0 Å². The van der Waals surface area contributed by atoms with E-state index < -0.39 is 0 Å². The van der Waals surface area contributed by atoms with Crippen LogP contribution in [0.15, 0.2) is 11.1 Å². The summed E-state index contributed by atoms with van der Waals surface area (Å²) >= 11 is 5.94. The van der Waals surface area contributed by atoms with Crippen molar-refractivity contribution in [3.63, 3.8) is 0 Å². The minimum absolute atomic E-state index is 0.329. The van der Waals surface area contributed by atoms with Gasteiger partial charge in [0.2, 0.25) is 0 Å². The molecule has 0 aromatic rings. The van der Waals surface area contributed by atoms with Crippen LogP contribution in [0.4, 0.5) is 0 Å². The number of nitrogens with zero attached hydrogens (tertiary/aromatic N) is 1. The molecule has 2 nitrogen and oxygen atoms in total. The van der Waals surface area contributed by atoms with Crippen molar-refractivity contribution in [2.24, 2.45) is 5.92 Å². The first-order valence-corrected chi connectivity index (χ1v) is 8.78. The topological polar surface area (TPSA) is 15.3 Å². The quantitative estimate of drug-likeness (QED) is 0.849. The van der Waals surface area contributed by atoms with Gasteiger partial charge in [-0.2, -0.15) is 0 Å². The van der Waals surface area contributed by atoms with Gasteiger partial charge in [0.05, 0.1) is 0 Å². The van der Waals surface area contributed by atoms with Crippen LogP contribution in [-0.2, 0) is 0 Å². The zero-order chi connectivity index (χ0) is 14.2. The molecule has 0 amide bonds. The third kappa shape index (κ3) is 2.80. The first-order valence-electron chi connectivity index (χ1n) is 8.34. The second kappa shape index (κ2) is 5.62. The fraction of sp³-hybridized carbons (Fsp3) is 0.882. The molecule has 3 heteroatoms. The van der Waals surface area contributed by atoms with E-state index in [9.17, 15) is 0 Å². The summed E-state index contributed by atoms with van der Waals surface area (Å²) in [5.74, 6) is 0.895. The van der Waals surface area contributed by atoms with E-state index in [0.717, 1.165) is 12.5 Å². The van der Waals surface area contributed by atoms with Gasteiger partial charge in [-0.15, -0.1) is 0 Å². The number of hydrogen-bond acceptors (Lipinski definition) is 2. The molecule has 1 heterocycles. The standard InChI is InChI=1S/C17H29ClN2/c1-14(10-18)11-20-13-16(2,15-6-7-15)19-12-17(20)8-4-3-5-9-17/h10,15,19H,3-9,11-13H2,1-2H3. The van der Waals surface area contributed by atoms with Crippen molar-refractivity contribution in [1.29, 1.82) is 0 Å². The van der Waals surface area contributed by atoms with Crippen LogP contribution < -0.4 is 5.32 Å². The average Bonchev–Trinajstić information content (AvgIpc) is 3.29. The van der Waals surface area contributed by atoms with E-state index >= 15 is 0 Å². The summed E-state index contributed by atoms with van der Waals surface area (Å²) in [6, 6.07) is 0. The number of hydrogen-bond donors (Lipinski definition) is 1. The molecule has 2 saturated carbocycles. The molecule has 114 valence electrons. The van der Waals surface area contributed by atoms with Gasteiger partial charge in [-0.3, -0.25) is 4.90 Å². The highest BCUT2D eigenvalue weighted by Gasteiger charge is 2.51. The average molecular weight is 297 g/mol. The Balaban J connectivity index is 1.79. The highest BCUT2D eigenvalue weighted by molar-refractivity contribution is 6.25. The minimum Gasteiger partial charge on any atom is -0.308 e. The predicted molar refractivity (Wildman–Crippen MR) is 86.1 cm³/mol. The molecule has 0 bridgehead atoms. The fourth-order valence-corrected chi connectivity index (χ4v) is 4.42. The fourth-order valence-electron chi connectivity index (χ4n) is 4.35. The number of halogens is 1. The normalized spacial score (nSPS) is 35.5. The molecule has 3 rings (SSSR count). The Bertz CT molecular complexity index is 382. The second-order valence-electron chi connectivity index (χ2n) is 7.64. The van der Waals surface area contributed by atoms with E-state index in [0.29, 0.717) is 11.1 Å². The van der Waals surface area contributed by atoms with Crippen LogP contribution in [-0.4, -0.2) is 35.6 Å². The summed E-state index contributed by atoms with van der Waals surface area (Å²) < 4.78 is 0. The largest absolute Gasteiger partial charge is 0.308 e. The van der Waals surface area contributed by atoms with Crippen LogP contribution in [0.5, 0.6) is 0 Å². The Hall–Kier alpha value is -0.0500. The van der Waals surface area contributed by atoms with E-state index in [1.165, 1.54) is 63.6 Å². The summed E-state index contributed by atoms with van der Waals surface area (Å²) in [6.07, 6.45) is 9.74. The molecular weight excluding hydrogens is 268 g/mol. The molecular formula is C17H29ClN2. The lowest BCUT2D eigenvalue weighted by molar-refractivity contribution is -0.0140. The number of nitrogens with one attached hydrogen (secondary N) is 1. The van der Waals surface area contributed by atoms with Gasteiger partial charge in [0.25, 0.3) is 0 Å². The first kappa shape index (κ1) is 14.9. The molecule has 1 atom stereocenters. The monoisotopic (exact) mass is 296 g/mol. The Labute approximate surface area is 128 Å². The maximum Gasteiger partial charge on any atom is 0.0338 e. The summed E-state index contributed by atoms with van der Waals surface area (Å²) in [7, 11) is 0. The van der Waals surface area contributed by atoms with Crippen LogP contribution in [0.2, 0.25) is 0 Å². The van der Waals surface area contributed by atoms with E-state index in [1.54, 1.807) is 5.54 Å². The highest BCUT2D eigenvalue weighted by atomic mass is 35.5. The second-order valence-corrected chi connectivity index (χ2v) is 7.86. The molecule has 1 spiro atoms. The van der Waals surface area contributed by atoms with Crippen LogP contribution in [0.25, 0.3) is 0 Å². The van der Waals surface area contributed by atoms with Gasteiger partial charge in [0, 0.05) is 36.2 Å². The van der Waals surface area contributed by atoms with Gasteiger partial charge >= 0.3 is 0 Å². The van der Waals surface area contributed by atoms with Crippen molar-refractivity contribution in [1.82, 2.24) is 10.2 Å². The lowest BCUT2D eigenvalue weighted by atomic mass is 9.75. The summed E-state index contributed by atoms with van der Waals surface area (Å²) in [4.78, 5) is 2.77. The molecule has 1 unspecified atom stereocenters. The Morgan fingerprint density at radius 1 is 1.30 bits per heavy atom. The third-order valence-electron chi connectivity index (χ3n) is 5.90. The minimum atomic E-state index is 0.329. The number of piperazine rings is 1. The van der Waals surface area contributed by atoms with E-state index in [1.807, 2.05) is 0 Å². The van der Waals surface area contributed by atoms with Gasteiger partial charge in [-0.1, -0.05) is 30.9 Å². The maximum atomic E-state index is 5.94. The summed E-state index contributed by atoms with van der Waals surface area (Å²) in [6.45, 7) is 8.02. The zero-order valence-corrected chi connectivity index (χ0v) is 13.8. The molecule has 3 fully saturated rings. The van der Waals surface area contributed by atoms with Crippen LogP contribution >= 0.6 is 11.6 Å². The van der Waals surface area contributed by atoms with Crippen molar-refractivity contribution in [2.45, 2.75) is 69.9 Å². The highest BCUT2D eigenvalue weighted by Crippen LogP contribution is 2.45. The smallest absolute Gasteiger partial charge is 0.0338 e. The Morgan fingerprint density at radius 2 is 2.00 bits per heavy atom. The molecule has 1 saturated heterocycles. The van der Waals surface area contributed by atoms with Gasteiger partial charge in [-0.25, -0.2) is 0 Å². The van der Waals surface area contributed by atoms with Gasteiger partial charge in [0.15, 0.2) is 0 Å². The predicted octanol–water partition coefficient (Wildman–Crippen LogP) is 3.91. The van der Waals surface area contributed by atoms with E-state index in [-0.39, 0.29) is 0 Å². The van der Waals surface area contributed by atoms with Crippen molar-refractivity contribution in [3.05, 3.63) is 11.1 Å². The van der Waals surface area contributed by atoms with Crippen LogP contribution in [0.1, 0.15) is 58.8 Å². The van der Waals surface area contributed by atoms with Crippen LogP contribution in [0.3, 0.4) is 0 Å². The van der Waals surface area contributed by atoms with Crippen molar-refractivity contribution in [3.8, 4) is 0 Å². The Kier molecular flexibility index (Phi) is 4.18. The molecule has 0 aromatic carbocycles. The molecule has 0 aromatic heterocycles. The molecule has 1 N–H and O–H groups in total. The van der Waals surface area contributed by atoms with Crippen molar-refractivity contribution in [2.75, 3.05) is 19.6 Å². The zero-order valence-electron chi connectivity index (χ0n) is 13.1. The SMILES string of the molecule is CC(=CCl)CN1CC(C)(C2CC2)NCC12CCCCC2. The van der Waals surface area contributed by atoms with Crippen molar-refractivity contribution >= 4 is 11.6 Å².